The second-order valence-corrected chi connectivity index (χ2v) is 19.8. The highest BCUT2D eigenvalue weighted by Gasteiger charge is 2.50. The molecule has 1 aliphatic rings. The first kappa shape index (κ1) is 54.9. The fourth-order valence-corrected chi connectivity index (χ4v) is 9.69. The minimum Gasteiger partial charge on any atom is -0.507 e. The van der Waals surface area contributed by atoms with Gasteiger partial charge in [0.1, 0.15) is 66.7 Å². The van der Waals surface area contributed by atoms with Crippen LogP contribution in [0.5, 0.6) is 28.7 Å². The van der Waals surface area contributed by atoms with Gasteiger partial charge in [-0.3, -0.25) is 4.79 Å². The first-order chi connectivity index (χ1) is 40.5. The molecule has 82 heavy (non-hydrogen) atoms. The zero-order chi connectivity index (χ0) is 55.7. The van der Waals surface area contributed by atoms with E-state index in [1.165, 1.54) is 6.07 Å². The summed E-state index contributed by atoms with van der Waals surface area (Å²) in [5, 5.41) is 11.4. The Balaban J connectivity index is 1.00. The molecule has 10 aromatic rings. The van der Waals surface area contributed by atoms with Crippen LogP contribution in [-0.4, -0.2) is 42.4 Å². The van der Waals surface area contributed by atoms with Gasteiger partial charge in [0.25, 0.3) is 0 Å². The standard InChI is InChI=1S/C70H62O12/c71-58-39-57(74-42-50-24-10-2-11-25-50)40-61-63(58)64(72)67(77-45-53-30-16-5-17-31-53)65(80-61)56-36-37-59(60(38-56)75-43-51-26-12-3-13-27-51)81-70-69(79-47-55-34-20-7-21-35-55)68(78-46-54-32-18-6-19-33-54)66(76-44-52-28-14-4-15-29-52)62(82-70)48-73-41-49-22-8-1-9-23-49/h1-40,62,66,68-71H,41-48H2/t62-,66-,68+,69-,70-/m1/s1. The minimum absolute atomic E-state index is 0.0326. The fourth-order valence-electron chi connectivity index (χ4n) is 9.69. The molecule has 9 aromatic carbocycles. The molecule has 1 aliphatic heterocycles. The Morgan fingerprint density at radius 2 is 0.854 bits per heavy atom. The summed E-state index contributed by atoms with van der Waals surface area (Å²) in [5.74, 6) is 0.528. The third-order valence-electron chi connectivity index (χ3n) is 13.9. The van der Waals surface area contributed by atoms with Gasteiger partial charge in [-0.1, -0.05) is 212 Å². The lowest BCUT2D eigenvalue weighted by Crippen LogP contribution is -2.62. The summed E-state index contributed by atoms with van der Waals surface area (Å²) in [6, 6.07) is 76.9. The molecule has 1 aromatic heterocycles. The maximum absolute atomic E-state index is 14.8. The molecule has 0 radical (unpaired) electrons. The van der Waals surface area contributed by atoms with Gasteiger partial charge in [-0.15, -0.1) is 0 Å². The largest absolute Gasteiger partial charge is 0.507 e. The lowest BCUT2D eigenvalue weighted by atomic mass is 9.97. The molecular weight excluding hydrogens is 1030 g/mol. The van der Waals surface area contributed by atoms with Gasteiger partial charge in [0.05, 0.1) is 33.0 Å². The Morgan fingerprint density at radius 3 is 1.37 bits per heavy atom. The van der Waals surface area contributed by atoms with Crippen LogP contribution in [-0.2, 0) is 69.9 Å². The fraction of sp³-hybridized carbons (Fsp3) is 0.186. The molecule has 5 atom stereocenters. The highest BCUT2D eigenvalue weighted by molar-refractivity contribution is 5.88. The molecule has 12 nitrogen and oxygen atoms in total. The van der Waals surface area contributed by atoms with Gasteiger partial charge in [-0.25, -0.2) is 0 Å². The van der Waals surface area contributed by atoms with Crippen LogP contribution in [0.2, 0.25) is 0 Å². The van der Waals surface area contributed by atoms with Gasteiger partial charge in [0.15, 0.2) is 17.3 Å². The normalized spacial score (nSPS) is 16.8. The Hall–Kier alpha value is -9.01. The predicted octanol–water partition coefficient (Wildman–Crippen LogP) is 14.0. The van der Waals surface area contributed by atoms with Gasteiger partial charge in [-0.05, 0) is 57.1 Å². The lowest BCUT2D eigenvalue weighted by Gasteiger charge is -2.45. The second-order valence-electron chi connectivity index (χ2n) is 19.8. The number of phenolic OH excluding ortho intramolecular Hbond substituents is 1. The molecule has 414 valence electrons. The van der Waals surface area contributed by atoms with Crippen molar-refractivity contribution in [3.05, 3.63) is 292 Å². The van der Waals surface area contributed by atoms with Gasteiger partial charge < -0.3 is 52.2 Å². The van der Waals surface area contributed by atoms with Crippen LogP contribution in [0, 0.1) is 0 Å². The maximum atomic E-state index is 14.8. The molecule has 0 saturated carbocycles. The molecule has 0 aliphatic carbocycles. The molecule has 1 N–H and O–H groups in total. The second kappa shape index (κ2) is 27.4. The third-order valence-corrected chi connectivity index (χ3v) is 13.9. The molecule has 0 unspecified atom stereocenters. The first-order valence-electron chi connectivity index (χ1n) is 27.4. The number of benzene rings is 9. The summed E-state index contributed by atoms with van der Waals surface area (Å²) >= 11 is 0. The van der Waals surface area contributed by atoms with Crippen molar-refractivity contribution in [2.45, 2.75) is 77.0 Å². The van der Waals surface area contributed by atoms with Crippen LogP contribution in [0.3, 0.4) is 0 Å². The summed E-state index contributed by atoms with van der Waals surface area (Å²) < 4.78 is 67.7. The van der Waals surface area contributed by atoms with E-state index < -0.39 is 36.1 Å². The highest BCUT2D eigenvalue weighted by Crippen LogP contribution is 2.42. The molecule has 0 bridgehead atoms. The predicted molar refractivity (Wildman–Crippen MR) is 312 cm³/mol. The molecule has 1 saturated heterocycles. The summed E-state index contributed by atoms with van der Waals surface area (Å²) in [7, 11) is 0. The number of ether oxygens (including phenoxy) is 9. The Morgan fingerprint density at radius 1 is 0.415 bits per heavy atom. The van der Waals surface area contributed by atoms with Gasteiger partial charge >= 0.3 is 0 Å². The van der Waals surface area contributed by atoms with Crippen LogP contribution in [0.4, 0.5) is 0 Å². The van der Waals surface area contributed by atoms with Crippen molar-refractivity contribution < 1.29 is 52.2 Å². The number of hydrogen-bond acceptors (Lipinski definition) is 12. The van der Waals surface area contributed by atoms with Crippen molar-refractivity contribution in [1.29, 1.82) is 0 Å². The minimum atomic E-state index is -1.14. The van der Waals surface area contributed by atoms with E-state index in [9.17, 15) is 9.90 Å². The van der Waals surface area contributed by atoms with Gasteiger partial charge in [-0.2, -0.15) is 0 Å². The van der Waals surface area contributed by atoms with E-state index in [0.717, 1.165) is 38.9 Å². The Bertz CT molecular complexity index is 3630. The SMILES string of the molecule is O=c1c(OCc2ccccc2)c(-c2ccc(O[C@@H]3O[C@H](COCc4ccccc4)[C@@H](OCc4ccccc4)[C@H](OCc4ccccc4)[C@H]3OCc3ccccc3)c(OCc3ccccc3)c2)oc2cc(OCc3ccccc3)cc(O)c12. The zero-order valence-electron chi connectivity index (χ0n) is 45.1. The third kappa shape index (κ3) is 14.3. The van der Waals surface area contributed by atoms with Crippen molar-refractivity contribution in [3.8, 4) is 40.1 Å². The van der Waals surface area contributed by atoms with E-state index >= 15 is 0 Å². The van der Waals surface area contributed by atoms with Gasteiger partial charge in [0.2, 0.25) is 17.5 Å². The smallest absolute Gasteiger partial charge is 0.239 e. The maximum Gasteiger partial charge on any atom is 0.239 e. The van der Waals surface area contributed by atoms with Gasteiger partial charge in [0, 0.05) is 17.7 Å². The highest BCUT2D eigenvalue weighted by atomic mass is 16.7. The topological polar surface area (TPSA) is 134 Å². The summed E-state index contributed by atoms with van der Waals surface area (Å²) in [6.45, 7) is 1.51. The Labute approximate surface area is 476 Å². The molecule has 0 amide bonds. The molecule has 12 heteroatoms. The molecular formula is C70H62O12. The molecule has 2 heterocycles. The number of hydrogen-bond donors (Lipinski definition) is 1. The van der Waals surface area contributed by atoms with Crippen LogP contribution in [0.25, 0.3) is 22.3 Å². The first-order valence-corrected chi connectivity index (χ1v) is 27.4. The van der Waals surface area contributed by atoms with Crippen molar-refractivity contribution in [1.82, 2.24) is 0 Å². The quantitative estimate of drug-likeness (QED) is 0.0584. The summed E-state index contributed by atoms with van der Waals surface area (Å²) in [6.07, 6.45) is -4.28. The van der Waals surface area contributed by atoms with Crippen molar-refractivity contribution in [3.63, 3.8) is 0 Å². The van der Waals surface area contributed by atoms with Crippen LogP contribution >= 0.6 is 0 Å². The molecule has 0 spiro atoms. The summed E-state index contributed by atoms with van der Waals surface area (Å²) in [4.78, 5) is 14.8. The van der Waals surface area contributed by atoms with Crippen LogP contribution in [0.1, 0.15) is 38.9 Å². The van der Waals surface area contributed by atoms with Crippen molar-refractivity contribution >= 4 is 11.0 Å². The monoisotopic (exact) mass is 1090 g/mol. The lowest BCUT2D eigenvalue weighted by molar-refractivity contribution is -0.310. The van der Waals surface area contributed by atoms with E-state index in [1.807, 2.05) is 212 Å². The summed E-state index contributed by atoms with van der Waals surface area (Å²) in [5.41, 5.74) is 6.41. The Kier molecular flexibility index (Phi) is 18.4. The van der Waals surface area contributed by atoms with Crippen molar-refractivity contribution in [2.75, 3.05) is 6.61 Å². The number of fused-ring (bicyclic) bond motifs is 1. The van der Waals surface area contributed by atoms with Crippen molar-refractivity contribution in [2.24, 2.45) is 0 Å². The van der Waals surface area contributed by atoms with Crippen LogP contribution < -0.4 is 24.4 Å². The number of rotatable bonds is 25. The average Bonchev–Trinajstić information content (AvgIpc) is 3.54. The zero-order valence-corrected chi connectivity index (χ0v) is 45.1. The van der Waals surface area contributed by atoms with E-state index in [2.05, 4.69) is 0 Å². The average molecular weight is 1100 g/mol. The van der Waals surface area contributed by atoms with E-state index in [0.29, 0.717) is 17.9 Å². The van der Waals surface area contributed by atoms with E-state index in [4.69, 9.17) is 47.0 Å². The van der Waals surface area contributed by atoms with E-state index in [-0.39, 0.29) is 86.0 Å². The molecule has 1 fully saturated rings. The van der Waals surface area contributed by atoms with Crippen LogP contribution in [0.15, 0.2) is 252 Å². The number of aromatic hydroxyl groups is 1. The van der Waals surface area contributed by atoms with E-state index in [1.54, 1.807) is 24.3 Å². The molecule has 11 rings (SSSR count). The number of phenols is 1.